The van der Waals surface area contributed by atoms with Gasteiger partial charge < -0.3 is 10.6 Å². The Labute approximate surface area is 124 Å². The molecule has 2 aromatic rings. The van der Waals surface area contributed by atoms with E-state index in [2.05, 4.69) is 20.6 Å². The van der Waals surface area contributed by atoms with Crippen molar-refractivity contribution in [1.29, 1.82) is 0 Å². The molecule has 1 aromatic heterocycles. The number of nitrogens with one attached hydrogen (secondary N) is 2. The van der Waals surface area contributed by atoms with Gasteiger partial charge in [0.1, 0.15) is 0 Å². The summed E-state index contributed by atoms with van der Waals surface area (Å²) in [5.74, 6) is -0.0171. The SMILES string of the molecule is Bc1nc(Nc2ccc3c(c2)CC(=O)N3)ncc1C(F)(F)F. The predicted octanol–water partition coefficient (Wildman–Crippen LogP) is 0.992. The van der Waals surface area contributed by atoms with Gasteiger partial charge in [-0.3, -0.25) is 4.79 Å². The lowest BCUT2D eigenvalue weighted by atomic mass is 9.98. The van der Waals surface area contributed by atoms with E-state index in [-0.39, 0.29) is 23.9 Å². The molecule has 3 rings (SSSR count). The Bertz CT molecular complexity index is 763. The second-order valence-electron chi connectivity index (χ2n) is 4.91. The number of carbonyl (C=O) groups excluding carboxylic acids is 1. The van der Waals surface area contributed by atoms with Crippen LogP contribution in [0.3, 0.4) is 0 Å². The van der Waals surface area contributed by atoms with Crippen LogP contribution in [0.5, 0.6) is 0 Å². The number of hydrogen-bond donors (Lipinski definition) is 2. The number of amides is 1. The molecule has 2 N–H and O–H groups in total. The molecule has 0 atom stereocenters. The molecule has 1 aliphatic heterocycles. The summed E-state index contributed by atoms with van der Waals surface area (Å²) in [5, 5.41) is 5.54. The molecule has 0 radical (unpaired) electrons. The van der Waals surface area contributed by atoms with Crippen molar-refractivity contribution in [1.82, 2.24) is 9.97 Å². The number of carbonyl (C=O) groups is 1. The highest BCUT2D eigenvalue weighted by atomic mass is 19.4. The molecule has 1 aliphatic rings. The monoisotopic (exact) mass is 306 g/mol. The number of nitrogens with zero attached hydrogens (tertiary/aromatic N) is 2. The molecule has 0 unspecified atom stereocenters. The maximum Gasteiger partial charge on any atom is 0.418 e. The summed E-state index contributed by atoms with van der Waals surface area (Å²) >= 11 is 0. The maximum atomic E-state index is 12.7. The van der Waals surface area contributed by atoms with Crippen molar-refractivity contribution in [2.75, 3.05) is 10.6 Å². The first-order chi connectivity index (χ1) is 10.3. The highest BCUT2D eigenvalue weighted by molar-refractivity contribution is 6.31. The first-order valence-electron chi connectivity index (χ1n) is 6.43. The topological polar surface area (TPSA) is 66.9 Å². The number of anilines is 3. The molecule has 0 bridgehead atoms. The van der Waals surface area contributed by atoms with E-state index in [4.69, 9.17) is 0 Å². The van der Waals surface area contributed by atoms with Gasteiger partial charge in [0.15, 0.2) is 7.85 Å². The molecule has 0 fully saturated rings. The fraction of sp³-hybridized carbons (Fsp3) is 0.154. The van der Waals surface area contributed by atoms with E-state index in [1.807, 2.05) is 0 Å². The largest absolute Gasteiger partial charge is 0.418 e. The van der Waals surface area contributed by atoms with Crippen LogP contribution >= 0.6 is 0 Å². The lowest BCUT2D eigenvalue weighted by Gasteiger charge is -2.11. The Morgan fingerprint density at radius 2 is 2.09 bits per heavy atom. The Balaban J connectivity index is 1.84. The Morgan fingerprint density at radius 3 is 2.77 bits per heavy atom. The molecule has 0 spiro atoms. The highest BCUT2D eigenvalue weighted by Gasteiger charge is 2.33. The zero-order valence-electron chi connectivity index (χ0n) is 11.5. The van der Waals surface area contributed by atoms with Crippen molar-refractivity contribution >= 4 is 36.7 Å². The van der Waals surface area contributed by atoms with Gasteiger partial charge in [-0.2, -0.15) is 13.2 Å². The molecule has 2 heterocycles. The van der Waals surface area contributed by atoms with Crippen LogP contribution in [0.15, 0.2) is 24.4 Å². The minimum atomic E-state index is -4.47. The van der Waals surface area contributed by atoms with Gasteiger partial charge in [-0.25, -0.2) is 9.97 Å². The molecule has 112 valence electrons. The van der Waals surface area contributed by atoms with Gasteiger partial charge in [-0.1, -0.05) is 0 Å². The van der Waals surface area contributed by atoms with E-state index >= 15 is 0 Å². The fourth-order valence-electron chi connectivity index (χ4n) is 2.24. The molecule has 1 amide bonds. The van der Waals surface area contributed by atoms with Crippen molar-refractivity contribution in [3.8, 4) is 0 Å². The summed E-state index contributed by atoms with van der Waals surface area (Å²) in [7, 11) is 1.28. The van der Waals surface area contributed by atoms with Crippen LogP contribution in [-0.4, -0.2) is 23.7 Å². The molecule has 0 aliphatic carbocycles. The standard InChI is InChI=1S/C13H10BF3N4O/c14-11-8(13(15,16)17)5-18-12(21-11)19-7-1-2-9-6(3-7)4-10(22)20-9/h1-3,5H,4,14H2,(H,20,22)(H,18,19,21). The number of halogens is 3. The van der Waals surface area contributed by atoms with Crippen LogP contribution < -0.4 is 16.2 Å². The van der Waals surface area contributed by atoms with E-state index in [0.29, 0.717) is 5.69 Å². The third-order valence-corrected chi connectivity index (χ3v) is 3.27. The molecule has 0 saturated carbocycles. The molecule has 9 heteroatoms. The summed E-state index contributed by atoms with van der Waals surface area (Å²) in [6.45, 7) is 0. The summed E-state index contributed by atoms with van der Waals surface area (Å²) in [6.07, 6.45) is -3.44. The summed E-state index contributed by atoms with van der Waals surface area (Å²) in [6, 6.07) is 5.16. The van der Waals surface area contributed by atoms with E-state index < -0.39 is 11.7 Å². The van der Waals surface area contributed by atoms with Gasteiger partial charge in [0.05, 0.1) is 12.0 Å². The van der Waals surface area contributed by atoms with Crippen molar-refractivity contribution in [2.24, 2.45) is 0 Å². The molecule has 5 nitrogen and oxygen atoms in total. The van der Waals surface area contributed by atoms with Gasteiger partial charge in [0.25, 0.3) is 0 Å². The van der Waals surface area contributed by atoms with Crippen molar-refractivity contribution in [3.63, 3.8) is 0 Å². The molecule has 1 aromatic carbocycles. The number of rotatable bonds is 2. The third-order valence-electron chi connectivity index (χ3n) is 3.27. The zero-order chi connectivity index (χ0) is 15.9. The molecule has 0 saturated heterocycles. The third kappa shape index (κ3) is 2.74. The summed E-state index contributed by atoms with van der Waals surface area (Å²) < 4.78 is 38.0. The van der Waals surface area contributed by atoms with Gasteiger partial charge in [0.2, 0.25) is 11.9 Å². The number of benzene rings is 1. The fourth-order valence-corrected chi connectivity index (χ4v) is 2.24. The number of aromatic nitrogens is 2. The van der Waals surface area contributed by atoms with Gasteiger partial charge in [0, 0.05) is 23.2 Å². The molecular formula is C13H10BF3N4O. The van der Waals surface area contributed by atoms with Crippen molar-refractivity contribution in [3.05, 3.63) is 35.5 Å². The minimum Gasteiger partial charge on any atom is -0.326 e. The van der Waals surface area contributed by atoms with Crippen LogP contribution in [0.1, 0.15) is 11.1 Å². The second kappa shape index (κ2) is 5.01. The molecular weight excluding hydrogens is 296 g/mol. The Morgan fingerprint density at radius 1 is 1.32 bits per heavy atom. The number of alkyl halides is 3. The first-order valence-corrected chi connectivity index (χ1v) is 6.43. The zero-order valence-corrected chi connectivity index (χ0v) is 11.5. The van der Waals surface area contributed by atoms with E-state index in [1.165, 1.54) is 7.85 Å². The van der Waals surface area contributed by atoms with Crippen LogP contribution in [0, 0.1) is 0 Å². The summed E-state index contributed by atoms with van der Waals surface area (Å²) in [4.78, 5) is 18.8. The van der Waals surface area contributed by atoms with Crippen LogP contribution in [0.2, 0.25) is 0 Å². The quantitative estimate of drug-likeness (QED) is 0.812. The van der Waals surface area contributed by atoms with E-state index in [1.54, 1.807) is 18.2 Å². The highest BCUT2D eigenvalue weighted by Crippen LogP contribution is 2.28. The van der Waals surface area contributed by atoms with Crippen molar-refractivity contribution in [2.45, 2.75) is 12.6 Å². The Kier molecular flexibility index (Phi) is 3.27. The maximum absolute atomic E-state index is 12.7. The average Bonchev–Trinajstić information content (AvgIpc) is 2.76. The Hall–Kier alpha value is -2.58. The van der Waals surface area contributed by atoms with E-state index in [9.17, 15) is 18.0 Å². The minimum absolute atomic E-state index is 0.0720. The lowest BCUT2D eigenvalue weighted by Crippen LogP contribution is -2.24. The van der Waals surface area contributed by atoms with Crippen LogP contribution in [-0.2, 0) is 17.4 Å². The predicted molar refractivity (Wildman–Crippen MR) is 77.3 cm³/mol. The average molecular weight is 306 g/mol. The normalized spacial score (nSPS) is 13.7. The van der Waals surface area contributed by atoms with Gasteiger partial charge in [-0.15, -0.1) is 0 Å². The van der Waals surface area contributed by atoms with Crippen LogP contribution in [0.25, 0.3) is 0 Å². The van der Waals surface area contributed by atoms with Gasteiger partial charge >= 0.3 is 6.18 Å². The summed E-state index contributed by atoms with van der Waals surface area (Å²) in [5.41, 5.74) is 1.15. The van der Waals surface area contributed by atoms with Crippen molar-refractivity contribution < 1.29 is 18.0 Å². The van der Waals surface area contributed by atoms with E-state index in [0.717, 1.165) is 17.4 Å². The van der Waals surface area contributed by atoms with Crippen LogP contribution in [0.4, 0.5) is 30.5 Å². The smallest absolute Gasteiger partial charge is 0.326 e. The lowest BCUT2D eigenvalue weighted by molar-refractivity contribution is -0.137. The second-order valence-corrected chi connectivity index (χ2v) is 4.91. The van der Waals surface area contributed by atoms with Gasteiger partial charge in [-0.05, 0) is 23.8 Å². The molecule has 22 heavy (non-hydrogen) atoms. The first kappa shape index (κ1) is 14.4. The number of hydrogen-bond acceptors (Lipinski definition) is 4. The number of fused-ring (bicyclic) bond motifs is 1.